The van der Waals surface area contributed by atoms with Crippen LogP contribution in [-0.2, 0) is 17.4 Å². The van der Waals surface area contributed by atoms with Crippen LogP contribution < -0.4 is 9.47 Å². The summed E-state index contributed by atoms with van der Waals surface area (Å²) in [5.41, 5.74) is 2.28. The largest absolute Gasteiger partial charge is 0.486 e. The van der Waals surface area contributed by atoms with Crippen LogP contribution >= 0.6 is 0 Å². The van der Waals surface area contributed by atoms with E-state index in [9.17, 15) is 18.0 Å². The summed E-state index contributed by atoms with van der Waals surface area (Å²) in [6, 6.07) is 15.6. The van der Waals surface area contributed by atoms with Crippen molar-refractivity contribution in [2.75, 3.05) is 6.61 Å². The number of ether oxygens (including phenoxy) is 2. The molecule has 0 heterocycles. The highest BCUT2D eigenvalue weighted by molar-refractivity contribution is 5.71. The Hall–Kier alpha value is -3.74. The van der Waals surface area contributed by atoms with Gasteiger partial charge in [-0.05, 0) is 72.5 Å². The number of hydrogen-bond acceptors (Lipinski definition) is 3. The molecule has 4 nitrogen and oxygen atoms in total. The number of carboxylic acids is 1. The maximum Gasteiger partial charge on any atom is 0.416 e. The Kier molecular flexibility index (Phi) is 7.43. The maximum atomic E-state index is 12.7. The first-order chi connectivity index (χ1) is 15.6. The first-order valence-corrected chi connectivity index (χ1v) is 10.2. The highest BCUT2D eigenvalue weighted by atomic mass is 19.4. The van der Waals surface area contributed by atoms with Gasteiger partial charge in [-0.3, -0.25) is 4.79 Å². The van der Waals surface area contributed by atoms with Crippen molar-refractivity contribution in [2.45, 2.75) is 26.4 Å². The minimum absolute atomic E-state index is 0.102. The second kappa shape index (κ2) is 10.3. The van der Waals surface area contributed by atoms with E-state index in [1.165, 1.54) is 12.1 Å². The zero-order chi connectivity index (χ0) is 24.0. The van der Waals surface area contributed by atoms with Gasteiger partial charge in [0.1, 0.15) is 12.4 Å². The molecule has 33 heavy (non-hydrogen) atoms. The lowest BCUT2D eigenvalue weighted by molar-refractivity contribution is -0.138. The molecule has 7 heteroatoms. The predicted molar refractivity (Wildman–Crippen MR) is 120 cm³/mol. The van der Waals surface area contributed by atoms with E-state index in [-0.39, 0.29) is 13.0 Å². The van der Waals surface area contributed by atoms with E-state index in [0.29, 0.717) is 28.4 Å². The van der Waals surface area contributed by atoms with Crippen LogP contribution in [0, 0.1) is 13.8 Å². The molecule has 0 amide bonds. The van der Waals surface area contributed by atoms with Crippen molar-refractivity contribution in [3.63, 3.8) is 0 Å². The van der Waals surface area contributed by atoms with Crippen molar-refractivity contribution < 1.29 is 32.5 Å². The van der Waals surface area contributed by atoms with Gasteiger partial charge in [-0.25, -0.2) is 0 Å². The Morgan fingerprint density at radius 2 is 1.70 bits per heavy atom. The Bertz CT molecular complexity index is 1150. The molecule has 0 radical (unpaired) electrons. The van der Waals surface area contributed by atoms with Gasteiger partial charge in [0.05, 0.1) is 12.0 Å². The van der Waals surface area contributed by atoms with Crippen LogP contribution in [0.2, 0.25) is 0 Å². The number of carboxylic acid groups (broad SMARTS) is 1. The molecule has 0 aliphatic heterocycles. The van der Waals surface area contributed by atoms with Crippen LogP contribution in [-0.4, -0.2) is 17.7 Å². The predicted octanol–water partition coefficient (Wildman–Crippen LogP) is 6.83. The summed E-state index contributed by atoms with van der Waals surface area (Å²) in [6.07, 6.45) is -1.09. The summed E-state index contributed by atoms with van der Waals surface area (Å²) < 4.78 is 49.9. The van der Waals surface area contributed by atoms with Crippen LogP contribution in [0.4, 0.5) is 13.2 Å². The molecule has 0 spiro atoms. The lowest BCUT2D eigenvalue weighted by Crippen LogP contribution is -2.04. The molecule has 3 rings (SSSR count). The second-order valence-corrected chi connectivity index (χ2v) is 7.50. The molecule has 0 saturated heterocycles. The average molecular weight is 456 g/mol. The van der Waals surface area contributed by atoms with Gasteiger partial charge in [-0.15, -0.1) is 0 Å². The number of hydrogen-bond donors (Lipinski definition) is 1. The van der Waals surface area contributed by atoms with Crippen molar-refractivity contribution in [3.05, 3.63) is 94.6 Å². The molecular weight excluding hydrogens is 433 g/mol. The fraction of sp³-hybridized carbons (Fsp3) is 0.192. The van der Waals surface area contributed by atoms with E-state index in [4.69, 9.17) is 14.6 Å². The highest BCUT2D eigenvalue weighted by Crippen LogP contribution is 2.35. The van der Waals surface area contributed by atoms with E-state index >= 15 is 0 Å². The molecule has 0 atom stereocenters. The van der Waals surface area contributed by atoms with Gasteiger partial charge in [-0.1, -0.05) is 36.4 Å². The van der Waals surface area contributed by atoms with Crippen LogP contribution in [0.1, 0.15) is 27.8 Å². The lowest BCUT2D eigenvalue weighted by atomic mass is 10.0. The van der Waals surface area contributed by atoms with E-state index in [1.807, 2.05) is 19.1 Å². The number of alkyl halides is 3. The van der Waals surface area contributed by atoms with Crippen molar-refractivity contribution in [1.29, 1.82) is 0 Å². The summed E-state index contributed by atoms with van der Waals surface area (Å²) in [5, 5.41) is 9.08. The molecule has 1 N–H and O–H groups in total. The van der Waals surface area contributed by atoms with Gasteiger partial charge in [0.15, 0.2) is 11.5 Å². The third-order valence-corrected chi connectivity index (χ3v) is 4.94. The summed E-state index contributed by atoms with van der Waals surface area (Å²) in [5.74, 6) is 0.575. The summed E-state index contributed by atoms with van der Waals surface area (Å²) in [6.45, 7) is 3.89. The highest BCUT2D eigenvalue weighted by Gasteiger charge is 2.29. The van der Waals surface area contributed by atoms with Crippen molar-refractivity contribution >= 4 is 12.0 Å². The van der Waals surface area contributed by atoms with Crippen molar-refractivity contribution in [2.24, 2.45) is 0 Å². The molecule has 172 valence electrons. The molecule has 0 saturated carbocycles. The summed E-state index contributed by atoms with van der Waals surface area (Å²) >= 11 is 0. The van der Waals surface area contributed by atoms with Gasteiger partial charge in [-0.2, -0.15) is 13.2 Å². The van der Waals surface area contributed by atoms with E-state index in [0.717, 1.165) is 23.3 Å². The molecule has 0 fully saturated rings. The molecule has 3 aromatic rings. The van der Waals surface area contributed by atoms with E-state index in [1.54, 1.807) is 43.3 Å². The first-order valence-electron chi connectivity index (χ1n) is 10.2. The lowest BCUT2D eigenvalue weighted by Gasteiger charge is -2.15. The minimum Gasteiger partial charge on any atom is -0.486 e. The zero-order valence-corrected chi connectivity index (χ0v) is 18.1. The summed E-state index contributed by atoms with van der Waals surface area (Å²) in [7, 11) is 0. The molecule has 0 aliphatic carbocycles. The van der Waals surface area contributed by atoms with E-state index in [2.05, 4.69) is 0 Å². The van der Waals surface area contributed by atoms with Crippen LogP contribution in [0.3, 0.4) is 0 Å². The topological polar surface area (TPSA) is 55.8 Å². The van der Waals surface area contributed by atoms with Crippen LogP contribution in [0.25, 0.3) is 6.08 Å². The van der Waals surface area contributed by atoms with Gasteiger partial charge >= 0.3 is 12.1 Å². The van der Waals surface area contributed by atoms with Gasteiger partial charge < -0.3 is 14.6 Å². The average Bonchev–Trinajstić information content (AvgIpc) is 2.75. The maximum absolute atomic E-state index is 12.7. The summed E-state index contributed by atoms with van der Waals surface area (Å²) in [4.78, 5) is 11.1. The number of aryl methyl sites for hydroxylation is 1. The van der Waals surface area contributed by atoms with Crippen molar-refractivity contribution in [3.8, 4) is 17.2 Å². The number of aliphatic carboxylic acids is 1. The molecule has 3 aromatic carbocycles. The number of benzene rings is 3. The number of rotatable bonds is 8. The monoisotopic (exact) mass is 456 g/mol. The SMILES string of the molecule is Cc1ccc(Oc2cccc(CC(=O)O)c2C)c(OCC=Cc2ccc(C(F)(F)F)cc2)c1. The zero-order valence-electron chi connectivity index (χ0n) is 18.1. The Balaban J connectivity index is 1.71. The van der Waals surface area contributed by atoms with E-state index < -0.39 is 17.7 Å². The molecule has 0 aromatic heterocycles. The third-order valence-electron chi connectivity index (χ3n) is 4.94. The standard InChI is InChI=1S/C26H23F3O4/c1-17-8-13-23(33-22-7-3-6-20(18(22)2)16-25(30)31)24(15-17)32-14-4-5-19-9-11-21(12-10-19)26(27,28)29/h3-13,15H,14,16H2,1-2H3,(H,30,31). The molecule has 0 aliphatic rings. The molecule has 0 bridgehead atoms. The Labute approximate surface area is 189 Å². The van der Waals surface area contributed by atoms with Gasteiger partial charge in [0.2, 0.25) is 0 Å². The minimum atomic E-state index is -4.36. The normalized spacial score (nSPS) is 11.5. The van der Waals surface area contributed by atoms with Crippen LogP contribution in [0.5, 0.6) is 17.2 Å². The fourth-order valence-electron chi connectivity index (χ4n) is 3.16. The molecular formula is C26H23F3O4. The van der Waals surface area contributed by atoms with Crippen LogP contribution in [0.15, 0.2) is 66.7 Å². The Morgan fingerprint density at radius 3 is 2.36 bits per heavy atom. The third kappa shape index (κ3) is 6.62. The Morgan fingerprint density at radius 1 is 0.970 bits per heavy atom. The smallest absolute Gasteiger partial charge is 0.416 e. The fourth-order valence-corrected chi connectivity index (χ4v) is 3.16. The number of halogens is 3. The van der Waals surface area contributed by atoms with Gasteiger partial charge in [0.25, 0.3) is 0 Å². The van der Waals surface area contributed by atoms with Crippen molar-refractivity contribution in [1.82, 2.24) is 0 Å². The quantitative estimate of drug-likeness (QED) is 0.404. The second-order valence-electron chi connectivity index (χ2n) is 7.50. The molecule has 0 unspecified atom stereocenters. The number of carbonyl (C=O) groups is 1. The van der Waals surface area contributed by atoms with Gasteiger partial charge in [0, 0.05) is 0 Å². The first kappa shape index (κ1) is 23.9.